The zero-order valence-corrected chi connectivity index (χ0v) is 21.7. The molecule has 0 aliphatic rings. The summed E-state index contributed by atoms with van der Waals surface area (Å²) in [6.45, 7) is 0. The van der Waals surface area contributed by atoms with Crippen molar-refractivity contribution in [1.82, 2.24) is 9.46 Å². The maximum Gasteiger partial charge on any atom is 0.357 e. The molecule has 20 heteroatoms. The van der Waals surface area contributed by atoms with Gasteiger partial charge < -0.3 is 0 Å². The van der Waals surface area contributed by atoms with Crippen molar-refractivity contribution in [1.29, 1.82) is 0 Å². The summed E-state index contributed by atoms with van der Waals surface area (Å²) in [5.41, 5.74) is -6.33. The average molecular weight is 618 g/mol. The van der Waals surface area contributed by atoms with Crippen molar-refractivity contribution in [2.45, 2.75) is 9.79 Å². The van der Waals surface area contributed by atoms with Gasteiger partial charge in [-0.3, -0.25) is 48.0 Å². The second-order valence-electron chi connectivity index (χ2n) is 8.31. The fraction of sp³-hybridized carbons (Fsp3) is 0. The van der Waals surface area contributed by atoms with Gasteiger partial charge in [0.2, 0.25) is 0 Å². The summed E-state index contributed by atoms with van der Waals surface area (Å²) in [6.07, 6.45) is 0. The van der Waals surface area contributed by atoms with E-state index in [9.17, 15) is 56.2 Å². The van der Waals surface area contributed by atoms with Gasteiger partial charge in [-0.2, -0.15) is 16.8 Å². The molecule has 0 spiro atoms. The van der Waals surface area contributed by atoms with Gasteiger partial charge in [0.1, 0.15) is 9.79 Å². The SMILES string of the molecule is O=c1c2cc3c(=O)n(OS(=O)(=O)c4ccc([N+](=O)[O-])cc4)c(=O)c3cc2c(=O)n1OS(=O)(=O)c1ccc([N+](=O)[O-])cc1. The highest BCUT2D eigenvalue weighted by molar-refractivity contribution is 7.87. The minimum absolute atomic E-state index is 0.154. The van der Waals surface area contributed by atoms with Gasteiger partial charge in [-0.25, -0.2) is 0 Å². The van der Waals surface area contributed by atoms with Crippen molar-refractivity contribution in [3.8, 4) is 0 Å². The van der Waals surface area contributed by atoms with Crippen molar-refractivity contribution in [2.75, 3.05) is 0 Å². The van der Waals surface area contributed by atoms with Gasteiger partial charge in [0, 0.05) is 24.3 Å². The molecule has 0 aliphatic heterocycles. The van der Waals surface area contributed by atoms with Crippen molar-refractivity contribution in [3.63, 3.8) is 0 Å². The molecule has 2 aromatic heterocycles. The number of nitrogens with zero attached hydrogens (tertiary/aromatic N) is 4. The number of non-ortho nitro benzene ring substituents is 2. The summed E-state index contributed by atoms with van der Waals surface area (Å²) >= 11 is 0. The lowest BCUT2D eigenvalue weighted by Crippen LogP contribution is -2.36. The van der Waals surface area contributed by atoms with Gasteiger partial charge >= 0.3 is 20.2 Å². The van der Waals surface area contributed by atoms with E-state index < -0.39 is 95.0 Å². The van der Waals surface area contributed by atoms with Crippen LogP contribution in [0.15, 0.2) is 89.6 Å². The Morgan fingerprint density at radius 3 is 1.02 bits per heavy atom. The predicted octanol–water partition coefficient (Wildman–Crippen LogP) is -0.636. The summed E-state index contributed by atoms with van der Waals surface area (Å²) in [5, 5.41) is 19.3. The third kappa shape index (κ3) is 4.45. The van der Waals surface area contributed by atoms with Crippen molar-refractivity contribution in [2.24, 2.45) is 0 Å². The molecular formula is C22H10N4O14S2. The topological polar surface area (TPSA) is 251 Å². The Kier molecular flexibility index (Phi) is 6.23. The molecular weight excluding hydrogens is 608 g/mol. The van der Waals surface area contributed by atoms with Crippen molar-refractivity contribution in [3.05, 3.63) is 122 Å². The Labute approximate surface area is 230 Å². The third-order valence-electron chi connectivity index (χ3n) is 5.83. The molecule has 0 saturated heterocycles. The second-order valence-corrected chi connectivity index (χ2v) is 11.4. The largest absolute Gasteiger partial charge is 0.357 e. The first-order valence-corrected chi connectivity index (χ1v) is 13.8. The maximum atomic E-state index is 12.9. The number of aromatic nitrogens is 2. The zero-order chi connectivity index (χ0) is 30.7. The number of benzene rings is 3. The fourth-order valence-corrected chi connectivity index (χ4v) is 5.59. The molecule has 5 rings (SSSR count). The lowest BCUT2D eigenvalue weighted by molar-refractivity contribution is -0.385. The van der Waals surface area contributed by atoms with Gasteiger partial charge in [0.15, 0.2) is 0 Å². The molecule has 0 bridgehead atoms. The second kappa shape index (κ2) is 9.42. The number of nitro benzene ring substituents is 2. The molecule has 0 amide bonds. The summed E-state index contributed by atoms with van der Waals surface area (Å²) in [7, 11) is -9.74. The fourth-order valence-electron chi connectivity index (χ4n) is 3.82. The lowest BCUT2D eigenvalue weighted by atomic mass is 10.1. The highest BCUT2D eigenvalue weighted by Gasteiger charge is 2.27. The number of fused-ring (bicyclic) bond motifs is 2. The van der Waals surface area contributed by atoms with Gasteiger partial charge in [0.25, 0.3) is 33.6 Å². The van der Waals surface area contributed by atoms with Crippen molar-refractivity contribution >= 4 is 53.2 Å². The Bertz CT molecular complexity index is 2160. The van der Waals surface area contributed by atoms with E-state index in [-0.39, 0.29) is 9.46 Å². The summed E-state index contributed by atoms with van der Waals surface area (Å²) in [6, 6.07) is 8.07. The molecule has 3 aromatic carbocycles. The number of hydrogen-bond acceptors (Lipinski definition) is 14. The van der Waals surface area contributed by atoms with Crippen LogP contribution in [0.5, 0.6) is 0 Å². The number of hydrogen-bond donors (Lipinski definition) is 0. The molecule has 0 fully saturated rings. The summed E-state index contributed by atoms with van der Waals surface area (Å²) in [4.78, 5) is 70.2. The van der Waals surface area contributed by atoms with Crippen LogP contribution in [-0.2, 0) is 20.2 Å². The van der Waals surface area contributed by atoms with Crippen LogP contribution in [0.3, 0.4) is 0 Å². The average Bonchev–Trinajstić information content (AvgIpc) is 3.31. The quantitative estimate of drug-likeness (QED) is 0.155. The first-order chi connectivity index (χ1) is 19.6. The smallest absolute Gasteiger partial charge is 0.277 e. The zero-order valence-electron chi connectivity index (χ0n) is 20.1. The number of rotatable bonds is 8. The van der Waals surface area contributed by atoms with Crippen LogP contribution in [0.2, 0.25) is 0 Å². The normalized spacial score (nSPS) is 12.0. The minimum Gasteiger partial charge on any atom is -0.277 e. The van der Waals surface area contributed by atoms with Gasteiger partial charge in [0.05, 0.1) is 31.4 Å². The monoisotopic (exact) mass is 618 g/mol. The van der Waals surface area contributed by atoms with Gasteiger partial charge in [-0.05, 0) is 36.4 Å². The van der Waals surface area contributed by atoms with E-state index in [0.717, 1.165) is 60.7 Å². The molecule has 0 radical (unpaired) electrons. The molecule has 0 aliphatic carbocycles. The van der Waals surface area contributed by atoms with E-state index >= 15 is 0 Å². The predicted molar refractivity (Wildman–Crippen MR) is 139 cm³/mol. The van der Waals surface area contributed by atoms with E-state index in [1.807, 2.05) is 0 Å². The molecule has 0 saturated carbocycles. The Morgan fingerprint density at radius 2 is 0.786 bits per heavy atom. The Balaban J connectivity index is 1.56. The van der Waals surface area contributed by atoms with E-state index in [1.165, 1.54) is 0 Å². The van der Waals surface area contributed by atoms with E-state index in [1.54, 1.807) is 0 Å². The minimum atomic E-state index is -4.87. The Hall–Kier alpha value is -5.76. The third-order valence-corrected chi connectivity index (χ3v) is 8.22. The van der Waals surface area contributed by atoms with Gasteiger partial charge in [-0.15, -0.1) is 0 Å². The summed E-state index contributed by atoms with van der Waals surface area (Å²) < 4.78 is 59.4. The van der Waals surface area contributed by atoms with Crippen molar-refractivity contribution < 1.29 is 35.2 Å². The molecule has 214 valence electrons. The van der Waals surface area contributed by atoms with E-state index in [4.69, 9.17) is 0 Å². The highest BCUT2D eigenvalue weighted by atomic mass is 32.2. The van der Waals surface area contributed by atoms with Crippen LogP contribution < -0.4 is 30.8 Å². The number of nitro groups is 2. The standard InChI is InChI=1S/C22H10N4O14S2/c27-19-15-9-17-18(22(30)24(21(17)29)40-42(37,38)14-7-3-12(4-8-14)26(33)34)10-16(15)20(28)23(19)39-41(35,36)13-5-1-11(2-6-13)25(31)32/h1-10H. The van der Waals surface area contributed by atoms with Crippen LogP contribution in [0.4, 0.5) is 11.4 Å². The molecule has 2 heterocycles. The van der Waals surface area contributed by atoms with Crippen LogP contribution >= 0.6 is 0 Å². The van der Waals surface area contributed by atoms with Crippen LogP contribution in [0.1, 0.15) is 0 Å². The maximum absolute atomic E-state index is 12.9. The lowest BCUT2D eigenvalue weighted by Gasteiger charge is -2.05. The van der Waals surface area contributed by atoms with Crippen LogP contribution in [0.25, 0.3) is 21.5 Å². The molecule has 0 atom stereocenters. The first-order valence-electron chi connectivity index (χ1n) is 11.0. The first kappa shape index (κ1) is 27.8. The van der Waals surface area contributed by atoms with Gasteiger partial charge in [-0.1, -0.05) is 9.46 Å². The molecule has 5 aromatic rings. The molecule has 0 N–H and O–H groups in total. The summed E-state index contributed by atoms with van der Waals surface area (Å²) in [5.74, 6) is 0. The van der Waals surface area contributed by atoms with Crippen LogP contribution in [-0.4, -0.2) is 36.1 Å². The Morgan fingerprint density at radius 1 is 0.524 bits per heavy atom. The van der Waals surface area contributed by atoms with E-state index in [2.05, 4.69) is 8.57 Å². The highest BCUT2D eigenvalue weighted by Crippen LogP contribution is 2.19. The van der Waals surface area contributed by atoms with E-state index in [0.29, 0.717) is 0 Å². The molecule has 18 nitrogen and oxygen atoms in total. The van der Waals surface area contributed by atoms with Crippen LogP contribution in [0, 0.1) is 20.2 Å². The molecule has 0 unspecified atom stereocenters. The molecule has 42 heavy (non-hydrogen) atoms.